The Labute approximate surface area is 170 Å². The second kappa shape index (κ2) is 12.6. The zero-order valence-corrected chi connectivity index (χ0v) is 16.4. The maximum absolute atomic E-state index is 11.5. The van der Waals surface area contributed by atoms with E-state index in [1.807, 2.05) is 0 Å². The van der Waals surface area contributed by atoms with Gasteiger partial charge in [0.25, 0.3) is 5.09 Å². The van der Waals surface area contributed by atoms with Crippen molar-refractivity contribution in [2.75, 3.05) is 13.2 Å². The average Bonchev–Trinajstić information content (AvgIpc) is 2.60. The van der Waals surface area contributed by atoms with Crippen LogP contribution in [0, 0.1) is 10.1 Å². The fourth-order valence-electron chi connectivity index (χ4n) is 1.72. The van der Waals surface area contributed by atoms with Crippen LogP contribution >= 0.6 is 23.2 Å². The van der Waals surface area contributed by atoms with Crippen molar-refractivity contribution < 1.29 is 24.2 Å². The third kappa shape index (κ3) is 9.78. The average molecular weight is 436 g/mol. The van der Waals surface area contributed by atoms with Crippen molar-refractivity contribution in [3.05, 3.63) is 43.9 Å². The topological polar surface area (TPSA) is 151 Å². The lowest BCUT2D eigenvalue weighted by molar-refractivity contribution is -0.757. The highest BCUT2D eigenvalue weighted by molar-refractivity contribution is 6.38. The molecule has 0 radical (unpaired) electrons. The fourth-order valence-corrected chi connectivity index (χ4v) is 2.22. The van der Waals surface area contributed by atoms with Crippen LogP contribution in [0.1, 0.15) is 25.3 Å². The molecule has 11 nitrogen and oxygen atoms in total. The molecule has 1 rings (SSSR count). The molecule has 0 spiro atoms. The highest BCUT2D eigenvalue weighted by Gasteiger charge is 2.10. The molecule has 13 heteroatoms. The monoisotopic (exact) mass is 435 g/mol. The van der Waals surface area contributed by atoms with Crippen molar-refractivity contribution in [1.82, 2.24) is 5.43 Å². The Balaban J connectivity index is 2.32. The van der Waals surface area contributed by atoms with Gasteiger partial charge in [-0.1, -0.05) is 29.3 Å². The predicted molar refractivity (Wildman–Crippen MR) is 103 cm³/mol. The second-order valence-corrected chi connectivity index (χ2v) is 5.91. The third-order valence-corrected chi connectivity index (χ3v) is 3.57. The minimum absolute atomic E-state index is 0.0208. The second-order valence-electron chi connectivity index (χ2n) is 5.10. The van der Waals surface area contributed by atoms with E-state index in [0.29, 0.717) is 28.5 Å². The Bertz CT molecular complexity index is 711. The van der Waals surface area contributed by atoms with Crippen molar-refractivity contribution in [2.24, 2.45) is 15.8 Å². The summed E-state index contributed by atoms with van der Waals surface area (Å²) in [5.74, 6) is -0.114. The van der Waals surface area contributed by atoms with Crippen LogP contribution in [0.4, 0.5) is 4.79 Å². The van der Waals surface area contributed by atoms with Gasteiger partial charge in [0.1, 0.15) is 0 Å². The number of nitrogens with two attached hydrogens (primary N) is 1. The van der Waals surface area contributed by atoms with Gasteiger partial charge in [-0.05, 0) is 31.9 Å². The number of rotatable bonds is 10. The lowest BCUT2D eigenvalue weighted by Crippen LogP contribution is -2.30. The lowest BCUT2D eigenvalue weighted by Gasteiger charge is -2.10. The normalized spacial score (nSPS) is 12.5. The summed E-state index contributed by atoms with van der Waals surface area (Å²) < 4.78 is 9.66. The maximum atomic E-state index is 11.5. The summed E-state index contributed by atoms with van der Waals surface area (Å²) in [5, 5.41) is 13.7. The minimum Gasteiger partial charge on any atom is -0.434 e. The van der Waals surface area contributed by atoms with Gasteiger partial charge in [-0.2, -0.15) is 5.10 Å². The molecular formula is C15H19Cl2N5O6. The lowest BCUT2D eigenvalue weighted by atomic mass is 10.2. The first kappa shape index (κ1) is 23.2. The maximum Gasteiger partial charge on any atom is 0.510 e. The number of hydrazone groups is 1. The van der Waals surface area contributed by atoms with Crippen LogP contribution in [0.25, 0.3) is 0 Å². The number of carbonyl (C=O) groups is 1. The van der Waals surface area contributed by atoms with E-state index in [-0.39, 0.29) is 19.2 Å². The number of hydrogen-bond donors (Lipinski definition) is 2. The van der Waals surface area contributed by atoms with E-state index < -0.39 is 17.5 Å². The summed E-state index contributed by atoms with van der Waals surface area (Å²) in [4.78, 5) is 29.4. The van der Waals surface area contributed by atoms with Gasteiger partial charge in [-0.15, -0.1) is 10.1 Å². The van der Waals surface area contributed by atoms with Crippen molar-refractivity contribution in [3.63, 3.8) is 0 Å². The zero-order chi connectivity index (χ0) is 20.9. The van der Waals surface area contributed by atoms with Crippen LogP contribution < -0.4 is 11.2 Å². The van der Waals surface area contributed by atoms with Gasteiger partial charge >= 0.3 is 6.16 Å². The number of nitrogens with one attached hydrogen (secondary N) is 1. The molecule has 28 heavy (non-hydrogen) atoms. The van der Waals surface area contributed by atoms with Crippen LogP contribution in [0.5, 0.6) is 0 Å². The van der Waals surface area contributed by atoms with E-state index in [4.69, 9.17) is 38.4 Å². The summed E-state index contributed by atoms with van der Waals surface area (Å²) in [6, 6.07) is 5.01. The first-order valence-electron chi connectivity index (χ1n) is 7.96. The van der Waals surface area contributed by atoms with Crippen LogP contribution in [0.2, 0.25) is 10.0 Å². The Morgan fingerprint density at radius 2 is 2.00 bits per heavy atom. The van der Waals surface area contributed by atoms with E-state index in [9.17, 15) is 14.9 Å². The number of guanidine groups is 1. The molecular weight excluding hydrogens is 417 g/mol. The smallest absolute Gasteiger partial charge is 0.434 e. The molecule has 0 aromatic heterocycles. The summed E-state index contributed by atoms with van der Waals surface area (Å²) in [7, 11) is 0. The third-order valence-electron chi connectivity index (χ3n) is 2.92. The molecule has 0 saturated carbocycles. The minimum atomic E-state index is -0.953. The van der Waals surface area contributed by atoms with Crippen molar-refractivity contribution >= 4 is 41.5 Å². The van der Waals surface area contributed by atoms with E-state index in [2.05, 4.69) is 20.4 Å². The predicted octanol–water partition coefficient (Wildman–Crippen LogP) is 2.72. The molecule has 0 fully saturated rings. The van der Waals surface area contributed by atoms with Gasteiger partial charge in [0, 0.05) is 5.56 Å². The summed E-state index contributed by atoms with van der Waals surface area (Å²) in [5.41, 5.74) is 8.57. The Hall–Kier alpha value is -2.79. The molecule has 0 heterocycles. The van der Waals surface area contributed by atoms with Crippen LogP contribution in [0.3, 0.4) is 0 Å². The van der Waals surface area contributed by atoms with Gasteiger partial charge in [-0.25, -0.2) is 15.2 Å². The molecule has 154 valence electrons. The van der Waals surface area contributed by atoms with Crippen molar-refractivity contribution in [1.29, 1.82) is 0 Å². The van der Waals surface area contributed by atoms with Gasteiger partial charge < -0.3 is 20.0 Å². The SMILES string of the molecule is CC(N=C(N)N/N=C/c1c(Cl)cccc1Cl)OC(=O)OCCCCO[N+](=O)[O-]. The Kier molecular flexibility index (Phi) is 10.4. The number of halogens is 2. The Morgan fingerprint density at radius 1 is 1.36 bits per heavy atom. The van der Waals surface area contributed by atoms with Crippen LogP contribution in [0.15, 0.2) is 28.3 Å². The molecule has 0 amide bonds. The molecule has 0 aliphatic rings. The van der Waals surface area contributed by atoms with Crippen LogP contribution in [-0.4, -0.2) is 42.9 Å². The Morgan fingerprint density at radius 3 is 2.64 bits per heavy atom. The number of carbonyl (C=O) groups excluding carboxylic acids is 1. The van der Waals surface area contributed by atoms with E-state index in [1.54, 1.807) is 18.2 Å². The molecule has 1 aromatic carbocycles. The number of benzene rings is 1. The molecule has 0 aliphatic carbocycles. The van der Waals surface area contributed by atoms with Crippen LogP contribution in [-0.2, 0) is 14.3 Å². The molecule has 1 unspecified atom stereocenters. The number of ether oxygens (including phenoxy) is 2. The van der Waals surface area contributed by atoms with E-state index >= 15 is 0 Å². The van der Waals surface area contributed by atoms with Crippen molar-refractivity contribution in [2.45, 2.75) is 26.0 Å². The van der Waals surface area contributed by atoms with Crippen molar-refractivity contribution in [3.8, 4) is 0 Å². The van der Waals surface area contributed by atoms with Gasteiger partial charge in [0.2, 0.25) is 5.96 Å². The first-order valence-corrected chi connectivity index (χ1v) is 8.72. The standard InChI is InChI=1S/C15H19Cl2N5O6/c1-10(28-15(23)26-7-2-3-8-27-22(24)25)20-14(18)21-19-9-11-12(16)5-4-6-13(11)17/h4-6,9-10H,2-3,7-8H2,1H3,(H3,18,20,21)/b19-9+. The number of aliphatic imine (C=N–C) groups is 1. The zero-order valence-electron chi connectivity index (χ0n) is 14.8. The summed E-state index contributed by atoms with van der Waals surface area (Å²) >= 11 is 12.0. The molecule has 0 aliphatic heterocycles. The number of unbranched alkanes of at least 4 members (excludes halogenated alkanes) is 1. The molecule has 1 aromatic rings. The highest BCUT2D eigenvalue weighted by atomic mass is 35.5. The van der Waals surface area contributed by atoms with Gasteiger partial charge in [0.15, 0.2) is 6.23 Å². The van der Waals surface area contributed by atoms with E-state index in [0.717, 1.165) is 0 Å². The molecule has 3 N–H and O–H groups in total. The summed E-state index contributed by atoms with van der Waals surface area (Å²) in [6.45, 7) is 1.41. The first-order chi connectivity index (χ1) is 13.3. The van der Waals surface area contributed by atoms with Gasteiger partial charge in [0.05, 0.1) is 29.5 Å². The van der Waals surface area contributed by atoms with Gasteiger partial charge in [-0.3, -0.25) is 0 Å². The highest BCUT2D eigenvalue weighted by Crippen LogP contribution is 2.21. The number of hydrogen-bond acceptors (Lipinski definition) is 8. The largest absolute Gasteiger partial charge is 0.510 e. The van der Waals surface area contributed by atoms with E-state index in [1.165, 1.54) is 13.1 Å². The molecule has 0 bridgehead atoms. The molecule has 0 saturated heterocycles. The number of nitrogens with zero attached hydrogens (tertiary/aromatic N) is 3. The quantitative estimate of drug-likeness (QED) is 0.142. The fraction of sp³-hybridized carbons (Fsp3) is 0.400. The molecule has 1 atom stereocenters. The summed E-state index contributed by atoms with van der Waals surface area (Å²) in [6.07, 6.45) is 0.216.